The summed E-state index contributed by atoms with van der Waals surface area (Å²) in [6.07, 6.45) is -0.679. The molecule has 0 bridgehead atoms. The minimum atomic E-state index is -4.78. The molecule has 1 aromatic carbocycles. The van der Waals surface area contributed by atoms with Crippen molar-refractivity contribution in [3.8, 4) is 5.75 Å². The van der Waals surface area contributed by atoms with Gasteiger partial charge in [-0.15, -0.1) is 13.2 Å². The number of aromatic nitrogens is 1. The van der Waals surface area contributed by atoms with Gasteiger partial charge in [0, 0.05) is 5.92 Å². The van der Waals surface area contributed by atoms with Gasteiger partial charge in [-0.05, 0) is 42.7 Å². The Morgan fingerprint density at radius 2 is 2.14 bits per heavy atom. The SMILES string of the molecule is CCO/N=C/c1c(COc2cc(CC(=O)O)ccc2Cl)noc1C1=CC=C(OC(F)(F)F)C(C)C1. The number of alkyl halides is 3. The van der Waals surface area contributed by atoms with E-state index in [1.165, 1.54) is 30.5 Å². The molecule has 1 aliphatic rings. The highest BCUT2D eigenvalue weighted by molar-refractivity contribution is 6.32. The van der Waals surface area contributed by atoms with Gasteiger partial charge in [0.15, 0.2) is 5.76 Å². The lowest BCUT2D eigenvalue weighted by Crippen LogP contribution is -2.18. The average molecular weight is 515 g/mol. The first kappa shape index (κ1) is 26.1. The normalized spacial score (nSPS) is 16.1. The number of benzene rings is 1. The predicted octanol–water partition coefficient (Wildman–Crippen LogP) is 5.75. The summed E-state index contributed by atoms with van der Waals surface area (Å²) in [7, 11) is 0. The van der Waals surface area contributed by atoms with E-state index in [4.69, 9.17) is 30.8 Å². The van der Waals surface area contributed by atoms with Crippen molar-refractivity contribution < 1.29 is 41.9 Å². The molecule has 188 valence electrons. The fraction of sp³-hybridized carbons (Fsp3) is 0.348. The van der Waals surface area contributed by atoms with Crippen LogP contribution < -0.4 is 4.74 Å². The molecule has 0 radical (unpaired) electrons. The summed E-state index contributed by atoms with van der Waals surface area (Å²) in [6, 6.07) is 4.63. The lowest BCUT2D eigenvalue weighted by molar-refractivity contribution is -0.308. The molecule has 0 fully saturated rings. The van der Waals surface area contributed by atoms with Crippen molar-refractivity contribution in [1.29, 1.82) is 0 Å². The molecule has 35 heavy (non-hydrogen) atoms. The van der Waals surface area contributed by atoms with E-state index in [2.05, 4.69) is 15.0 Å². The number of aliphatic carboxylic acids is 1. The number of ether oxygens (including phenoxy) is 2. The summed E-state index contributed by atoms with van der Waals surface area (Å²) in [5.41, 5.74) is 1.84. The maximum absolute atomic E-state index is 12.6. The number of carbonyl (C=O) groups is 1. The highest BCUT2D eigenvalue weighted by atomic mass is 35.5. The molecule has 1 heterocycles. The topological polar surface area (TPSA) is 103 Å². The van der Waals surface area contributed by atoms with Crippen molar-refractivity contribution in [2.24, 2.45) is 11.1 Å². The summed E-state index contributed by atoms with van der Waals surface area (Å²) in [6.45, 7) is 3.56. The van der Waals surface area contributed by atoms with Crippen molar-refractivity contribution in [2.45, 2.75) is 39.7 Å². The Labute approximate surface area is 203 Å². The van der Waals surface area contributed by atoms with Crippen LogP contribution in [0.25, 0.3) is 5.57 Å². The number of hydrogen-bond acceptors (Lipinski definition) is 7. The minimum absolute atomic E-state index is 0.103. The molecule has 0 saturated heterocycles. The first-order chi connectivity index (χ1) is 16.6. The number of carboxylic acid groups (broad SMARTS) is 1. The van der Waals surface area contributed by atoms with E-state index in [0.29, 0.717) is 34.8 Å². The van der Waals surface area contributed by atoms with Gasteiger partial charge in [-0.1, -0.05) is 41.0 Å². The van der Waals surface area contributed by atoms with Crippen molar-refractivity contribution in [3.63, 3.8) is 0 Å². The Morgan fingerprint density at radius 1 is 1.37 bits per heavy atom. The van der Waals surface area contributed by atoms with Gasteiger partial charge in [0.05, 0.1) is 23.2 Å². The Bertz CT molecular complexity index is 1160. The van der Waals surface area contributed by atoms with Crippen molar-refractivity contribution in [2.75, 3.05) is 6.61 Å². The molecule has 0 aliphatic heterocycles. The van der Waals surface area contributed by atoms with E-state index in [0.717, 1.165) is 0 Å². The molecular formula is C23H22ClF3N2O6. The standard InChI is InChI=1S/C23H22ClF3N2O6/c1-3-33-28-11-16-18(12-32-20-9-14(10-21(30)31)4-6-17(20)24)29-35-22(16)15-5-7-19(13(2)8-15)34-23(25,26)27/h4-7,9,11,13H,3,8,10,12H2,1-2H3,(H,30,31)/b28-11+. The van der Waals surface area contributed by atoms with Gasteiger partial charge >= 0.3 is 12.3 Å². The predicted molar refractivity (Wildman–Crippen MR) is 120 cm³/mol. The second kappa shape index (κ2) is 11.3. The number of carboxylic acids is 1. The summed E-state index contributed by atoms with van der Waals surface area (Å²) < 4.78 is 53.2. The molecule has 1 unspecified atom stereocenters. The molecule has 1 atom stereocenters. The number of oxime groups is 1. The van der Waals surface area contributed by atoms with Crippen LogP contribution in [0.1, 0.15) is 42.8 Å². The van der Waals surface area contributed by atoms with Crippen LogP contribution in [-0.2, 0) is 27.4 Å². The van der Waals surface area contributed by atoms with Crippen LogP contribution in [0.4, 0.5) is 13.2 Å². The number of hydrogen-bond donors (Lipinski definition) is 1. The van der Waals surface area contributed by atoms with Crippen LogP contribution in [-0.4, -0.2) is 35.4 Å². The highest BCUT2D eigenvalue weighted by Crippen LogP contribution is 2.36. The van der Waals surface area contributed by atoms with Gasteiger partial charge in [-0.25, -0.2) is 0 Å². The first-order valence-electron chi connectivity index (χ1n) is 10.5. The number of rotatable bonds is 10. The van der Waals surface area contributed by atoms with Gasteiger partial charge < -0.3 is 23.9 Å². The van der Waals surface area contributed by atoms with E-state index in [1.54, 1.807) is 19.9 Å². The van der Waals surface area contributed by atoms with Crippen LogP contribution in [0.15, 0.2) is 45.8 Å². The smallest absolute Gasteiger partial charge is 0.486 e. The molecule has 0 spiro atoms. The molecule has 2 aromatic rings. The number of allylic oxidation sites excluding steroid dienone is 4. The molecule has 8 nitrogen and oxygen atoms in total. The van der Waals surface area contributed by atoms with Gasteiger partial charge in [0.25, 0.3) is 0 Å². The minimum Gasteiger partial charge on any atom is -0.486 e. The van der Waals surface area contributed by atoms with Crippen molar-refractivity contribution in [1.82, 2.24) is 5.16 Å². The third kappa shape index (κ3) is 7.25. The zero-order valence-corrected chi connectivity index (χ0v) is 19.5. The highest BCUT2D eigenvalue weighted by Gasteiger charge is 2.35. The van der Waals surface area contributed by atoms with E-state index in [9.17, 15) is 18.0 Å². The Kier molecular flexibility index (Phi) is 8.44. The average Bonchev–Trinajstić information content (AvgIpc) is 3.17. The van der Waals surface area contributed by atoms with E-state index in [1.807, 2.05) is 0 Å². The fourth-order valence-electron chi connectivity index (χ4n) is 3.33. The molecule has 0 saturated carbocycles. The monoisotopic (exact) mass is 514 g/mol. The zero-order valence-electron chi connectivity index (χ0n) is 18.8. The molecule has 1 aromatic heterocycles. The largest absolute Gasteiger partial charge is 0.572 e. The maximum Gasteiger partial charge on any atom is 0.572 e. The first-order valence-corrected chi connectivity index (χ1v) is 10.9. The summed E-state index contributed by atoms with van der Waals surface area (Å²) in [5, 5.41) is 17.2. The Hall–Kier alpha value is -3.47. The second-order valence-corrected chi connectivity index (χ2v) is 7.97. The number of halogens is 4. The van der Waals surface area contributed by atoms with Crippen molar-refractivity contribution in [3.05, 3.63) is 63.7 Å². The van der Waals surface area contributed by atoms with Crippen LogP contribution >= 0.6 is 11.6 Å². The molecular weight excluding hydrogens is 493 g/mol. The van der Waals surface area contributed by atoms with Gasteiger partial charge in [0.1, 0.15) is 30.4 Å². The lowest BCUT2D eigenvalue weighted by atomic mass is 9.91. The summed E-state index contributed by atoms with van der Waals surface area (Å²) in [5.74, 6) is -1.21. The van der Waals surface area contributed by atoms with Crippen LogP contribution in [0.2, 0.25) is 5.02 Å². The third-order valence-electron chi connectivity index (χ3n) is 4.89. The van der Waals surface area contributed by atoms with E-state index in [-0.39, 0.29) is 36.0 Å². The van der Waals surface area contributed by atoms with E-state index < -0.39 is 18.2 Å². The molecule has 12 heteroatoms. The van der Waals surface area contributed by atoms with Gasteiger partial charge in [-0.3, -0.25) is 4.79 Å². The van der Waals surface area contributed by atoms with Gasteiger partial charge in [-0.2, -0.15) is 0 Å². The molecule has 0 amide bonds. The fourth-order valence-corrected chi connectivity index (χ4v) is 3.51. The van der Waals surface area contributed by atoms with Crippen molar-refractivity contribution >= 4 is 29.4 Å². The van der Waals surface area contributed by atoms with Crippen LogP contribution in [0.5, 0.6) is 5.75 Å². The maximum atomic E-state index is 12.6. The number of nitrogens with zero attached hydrogens (tertiary/aromatic N) is 2. The van der Waals surface area contributed by atoms with Gasteiger partial charge in [0.2, 0.25) is 0 Å². The van der Waals surface area contributed by atoms with E-state index >= 15 is 0 Å². The third-order valence-corrected chi connectivity index (χ3v) is 5.20. The summed E-state index contributed by atoms with van der Waals surface area (Å²) >= 11 is 6.17. The quantitative estimate of drug-likeness (QED) is 0.318. The second-order valence-electron chi connectivity index (χ2n) is 7.56. The Morgan fingerprint density at radius 3 is 2.80 bits per heavy atom. The molecule has 3 rings (SSSR count). The lowest BCUT2D eigenvalue weighted by Gasteiger charge is -2.22. The molecule has 1 aliphatic carbocycles. The summed E-state index contributed by atoms with van der Waals surface area (Å²) in [4.78, 5) is 16.0. The zero-order chi connectivity index (χ0) is 25.6. The Balaban J connectivity index is 1.87. The van der Waals surface area contributed by atoms with Crippen LogP contribution in [0, 0.1) is 5.92 Å². The van der Waals surface area contributed by atoms with Crippen LogP contribution in [0.3, 0.4) is 0 Å². The molecule has 1 N–H and O–H groups in total.